The van der Waals surface area contributed by atoms with Crippen LogP contribution < -0.4 is 26.0 Å². The summed E-state index contributed by atoms with van der Waals surface area (Å²) in [6.07, 6.45) is 8.58. The summed E-state index contributed by atoms with van der Waals surface area (Å²) in [6, 6.07) is 11.3. The summed E-state index contributed by atoms with van der Waals surface area (Å²) < 4.78 is 9.98. The molecule has 1 aliphatic carbocycles. The van der Waals surface area contributed by atoms with Gasteiger partial charge in [-0.05, 0) is 78.5 Å². The maximum atomic E-state index is 11.2. The number of benzene rings is 2. The number of hydrogen-bond donors (Lipinski definition) is 4. The van der Waals surface area contributed by atoms with Gasteiger partial charge in [-0.2, -0.15) is 15.0 Å². The Morgan fingerprint density at radius 2 is 1.50 bits per heavy atom. The lowest BCUT2D eigenvalue weighted by atomic mass is 9.87. The summed E-state index contributed by atoms with van der Waals surface area (Å²) in [5.41, 5.74) is 2.17. The number of nitrogens with one attached hydrogen (secondary N) is 4. The third-order valence-electron chi connectivity index (χ3n) is 7.89. The molecule has 14 heteroatoms. The van der Waals surface area contributed by atoms with Gasteiger partial charge in [0.1, 0.15) is 5.75 Å². The first kappa shape index (κ1) is 30.7. The molecular weight excluding hydrogens is 564 g/mol. The predicted octanol–water partition coefficient (Wildman–Crippen LogP) is 6.01. The maximum absolute atomic E-state index is 11.2. The first-order valence-electron chi connectivity index (χ1n) is 15.3. The van der Waals surface area contributed by atoms with Crippen molar-refractivity contribution in [3.63, 3.8) is 0 Å². The number of anilines is 4. The Bertz CT molecular complexity index is 1510. The van der Waals surface area contributed by atoms with Crippen LogP contribution in [0.5, 0.6) is 5.75 Å². The van der Waals surface area contributed by atoms with Crippen molar-refractivity contribution in [3.05, 3.63) is 52.1 Å². The van der Waals surface area contributed by atoms with E-state index < -0.39 is 4.92 Å². The van der Waals surface area contributed by atoms with E-state index in [4.69, 9.17) is 9.37 Å². The Balaban J connectivity index is 1.09. The van der Waals surface area contributed by atoms with Gasteiger partial charge < -0.3 is 26.0 Å². The predicted molar refractivity (Wildman–Crippen MR) is 169 cm³/mol. The van der Waals surface area contributed by atoms with Gasteiger partial charge in [-0.3, -0.25) is 10.1 Å². The minimum Gasteiger partial charge on any atom is -0.497 e. The van der Waals surface area contributed by atoms with Crippen molar-refractivity contribution in [1.29, 1.82) is 0 Å². The first-order chi connectivity index (χ1) is 21.5. The number of rotatable bonds is 16. The van der Waals surface area contributed by atoms with E-state index in [-0.39, 0.29) is 11.2 Å². The summed E-state index contributed by atoms with van der Waals surface area (Å²) >= 11 is 0. The standard InChI is InChI=1S/C30H40N10O4/c1-20-7-11-22(12-8-20)34-30-36-28(35-29(37-30)33-19-21-9-13-23(43-2)14-10-21)32-18-6-4-3-5-17-31-24-15-16-25(40(41)42)27-26(24)38-44-39-27/h9-10,13-16,20,22,31H,3-8,11-12,17-19H2,1-2H3,(H3,32,33,34,35,36,37). The number of unbranched alkanes of at least 4 members (excludes halogenated alkanes) is 3. The average Bonchev–Trinajstić information content (AvgIpc) is 3.53. The van der Waals surface area contributed by atoms with E-state index in [1.54, 1.807) is 13.2 Å². The second-order valence-electron chi connectivity index (χ2n) is 11.2. The van der Waals surface area contributed by atoms with Crippen LogP contribution in [0.2, 0.25) is 0 Å². The molecular formula is C30H40N10O4. The van der Waals surface area contributed by atoms with Gasteiger partial charge in [-0.1, -0.05) is 31.9 Å². The van der Waals surface area contributed by atoms with E-state index in [2.05, 4.69) is 53.5 Å². The quantitative estimate of drug-likeness (QED) is 0.0664. The molecule has 2 heterocycles. The van der Waals surface area contributed by atoms with E-state index >= 15 is 0 Å². The summed E-state index contributed by atoms with van der Waals surface area (Å²) in [4.78, 5) is 24.6. The number of nitrogens with zero attached hydrogens (tertiary/aromatic N) is 6. The molecule has 0 atom stereocenters. The molecule has 234 valence electrons. The monoisotopic (exact) mass is 604 g/mol. The largest absolute Gasteiger partial charge is 0.497 e. The number of aromatic nitrogens is 5. The smallest absolute Gasteiger partial charge is 0.300 e. The number of hydrogen-bond acceptors (Lipinski definition) is 13. The second-order valence-corrected chi connectivity index (χ2v) is 11.2. The van der Waals surface area contributed by atoms with Crippen LogP contribution in [0.4, 0.5) is 29.2 Å². The van der Waals surface area contributed by atoms with Gasteiger partial charge in [0.25, 0.3) is 0 Å². The molecule has 0 radical (unpaired) electrons. The van der Waals surface area contributed by atoms with E-state index in [9.17, 15) is 10.1 Å². The van der Waals surface area contributed by atoms with E-state index in [1.165, 1.54) is 18.9 Å². The Morgan fingerprint density at radius 1 is 0.841 bits per heavy atom. The molecule has 0 bridgehead atoms. The molecule has 4 N–H and O–H groups in total. The molecule has 1 aliphatic rings. The second kappa shape index (κ2) is 15.1. The van der Waals surface area contributed by atoms with Gasteiger partial charge in [-0.15, -0.1) is 0 Å². The molecule has 2 aromatic heterocycles. The zero-order chi connectivity index (χ0) is 30.7. The first-order valence-corrected chi connectivity index (χ1v) is 15.3. The van der Waals surface area contributed by atoms with Gasteiger partial charge >= 0.3 is 5.69 Å². The van der Waals surface area contributed by atoms with Crippen LogP contribution in [-0.4, -0.2) is 56.4 Å². The molecule has 1 fully saturated rings. The van der Waals surface area contributed by atoms with E-state index in [1.807, 2.05) is 24.3 Å². The van der Waals surface area contributed by atoms with Crippen LogP contribution in [-0.2, 0) is 6.54 Å². The van der Waals surface area contributed by atoms with Crippen LogP contribution in [0.25, 0.3) is 11.0 Å². The summed E-state index contributed by atoms with van der Waals surface area (Å²) in [6.45, 7) is 4.34. The van der Waals surface area contributed by atoms with Crippen LogP contribution in [0, 0.1) is 16.0 Å². The van der Waals surface area contributed by atoms with Crippen molar-refractivity contribution in [2.24, 2.45) is 5.92 Å². The zero-order valence-corrected chi connectivity index (χ0v) is 25.2. The zero-order valence-electron chi connectivity index (χ0n) is 25.2. The lowest BCUT2D eigenvalue weighted by Crippen LogP contribution is -2.26. The van der Waals surface area contributed by atoms with Gasteiger partial charge in [0, 0.05) is 31.7 Å². The highest BCUT2D eigenvalue weighted by Crippen LogP contribution is 2.29. The van der Waals surface area contributed by atoms with Crippen LogP contribution in [0.1, 0.15) is 63.9 Å². The van der Waals surface area contributed by atoms with Crippen molar-refractivity contribution in [1.82, 2.24) is 25.3 Å². The molecule has 4 aromatic rings. The number of nitro groups is 1. The molecule has 2 aromatic carbocycles. The van der Waals surface area contributed by atoms with Crippen molar-refractivity contribution in [2.45, 2.75) is 70.9 Å². The summed E-state index contributed by atoms with van der Waals surface area (Å²) in [7, 11) is 1.66. The maximum Gasteiger partial charge on any atom is 0.300 e. The fourth-order valence-electron chi connectivity index (χ4n) is 5.28. The Morgan fingerprint density at radius 3 is 2.20 bits per heavy atom. The molecule has 0 saturated heterocycles. The SMILES string of the molecule is COc1ccc(CNc2nc(NCCCCCCNc3ccc([N+](=O)[O-])c4nonc34)nc(NC3CCC(C)CC3)n2)cc1. The van der Waals surface area contributed by atoms with Crippen LogP contribution in [0.15, 0.2) is 41.0 Å². The average molecular weight is 605 g/mol. The normalized spacial score (nSPS) is 16.4. The molecule has 0 unspecified atom stereocenters. The summed E-state index contributed by atoms with van der Waals surface area (Å²) in [5.74, 6) is 3.26. The fourth-order valence-corrected chi connectivity index (χ4v) is 5.28. The molecule has 5 rings (SSSR count). The van der Waals surface area contributed by atoms with Crippen LogP contribution in [0.3, 0.4) is 0 Å². The molecule has 0 spiro atoms. The third kappa shape index (κ3) is 8.42. The number of fused-ring (bicyclic) bond motifs is 1. The van der Waals surface area contributed by atoms with Gasteiger partial charge in [0.15, 0.2) is 5.52 Å². The van der Waals surface area contributed by atoms with Crippen molar-refractivity contribution >= 4 is 40.3 Å². The van der Waals surface area contributed by atoms with Crippen molar-refractivity contribution in [2.75, 3.05) is 41.5 Å². The topological polar surface area (TPSA) is 178 Å². The minimum atomic E-state index is -0.490. The fraction of sp³-hybridized carbons (Fsp3) is 0.500. The van der Waals surface area contributed by atoms with Gasteiger partial charge in [0.2, 0.25) is 23.4 Å². The van der Waals surface area contributed by atoms with E-state index in [0.717, 1.165) is 62.3 Å². The van der Waals surface area contributed by atoms with Gasteiger partial charge in [0.05, 0.1) is 17.7 Å². The Kier molecular flexibility index (Phi) is 10.5. The number of methoxy groups -OCH3 is 1. The Hall–Kier alpha value is -4.75. The highest BCUT2D eigenvalue weighted by molar-refractivity contribution is 5.93. The van der Waals surface area contributed by atoms with Crippen molar-refractivity contribution in [3.8, 4) is 5.75 Å². The Labute approximate surface area is 255 Å². The number of non-ortho nitro benzene ring substituents is 1. The molecule has 44 heavy (non-hydrogen) atoms. The van der Waals surface area contributed by atoms with E-state index in [0.29, 0.717) is 48.2 Å². The summed E-state index contributed by atoms with van der Waals surface area (Å²) in [5, 5.41) is 32.2. The highest BCUT2D eigenvalue weighted by Gasteiger charge is 2.20. The third-order valence-corrected chi connectivity index (χ3v) is 7.89. The molecule has 0 aliphatic heterocycles. The molecule has 1 saturated carbocycles. The molecule has 0 amide bonds. The lowest BCUT2D eigenvalue weighted by Gasteiger charge is -2.27. The lowest BCUT2D eigenvalue weighted by molar-refractivity contribution is -0.383. The van der Waals surface area contributed by atoms with Crippen LogP contribution >= 0.6 is 0 Å². The minimum absolute atomic E-state index is 0.121. The van der Waals surface area contributed by atoms with Gasteiger partial charge in [-0.25, -0.2) is 4.63 Å². The number of ether oxygens (including phenoxy) is 1. The molecule has 14 nitrogen and oxygen atoms in total. The van der Waals surface area contributed by atoms with Crippen molar-refractivity contribution < 1.29 is 14.3 Å². The highest BCUT2D eigenvalue weighted by atomic mass is 16.6. The number of nitro benzene ring substituents is 1.